The van der Waals surface area contributed by atoms with Crippen LogP contribution in [0.2, 0.25) is 0 Å². The predicted molar refractivity (Wildman–Crippen MR) is 86.6 cm³/mol. The predicted octanol–water partition coefficient (Wildman–Crippen LogP) is 6.80. The minimum atomic E-state index is 0.262. The number of allylic oxidation sites excluding steroid dienone is 4. The number of hydrogen-bond acceptors (Lipinski definition) is 0. The largest absolute Gasteiger partial charge is 0.103 e. The van der Waals surface area contributed by atoms with E-state index in [0.717, 1.165) is 6.42 Å². The van der Waals surface area contributed by atoms with Crippen molar-refractivity contribution < 1.29 is 0 Å². The van der Waals surface area contributed by atoms with E-state index in [1.165, 1.54) is 5.57 Å². The molecule has 0 rings (SSSR count). The Kier molecular flexibility index (Phi) is 30.5. The molecule has 0 aromatic carbocycles. The van der Waals surface area contributed by atoms with Gasteiger partial charge in [-0.3, -0.25) is 0 Å². The van der Waals surface area contributed by atoms with Crippen LogP contribution >= 0.6 is 0 Å². The normalized spacial score (nSPS) is 9.35. The lowest BCUT2D eigenvalue weighted by Crippen LogP contribution is -2.06. The van der Waals surface area contributed by atoms with Gasteiger partial charge in [-0.2, -0.15) is 0 Å². The molecule has 0 saturated carbocycles. The zero-order chi connectivity index (χ0) is 14.9. The van der Waals surface area contributed by atoms with Crippen LogP contribution in [0.5, 0.6) is 0 Å². The molecule has 0 amide bonds. The molecule has 0 heterocycles. The van der Waals surface area contributed by atoms with Crippen LogP contribution in [0.25, 0.3) is 0 Å². The van der Waals surface area contributed by atoms with Gasteiger partial charge in [-0.25, -0.2) is 0 Å². The highest BCUT2D eigenvalue weighted by molar-refractivity contribution is 5.22. The first kappa shape index (κ1) is 25.2. The van der Waals surface area contributed by atoms with Crippen LogP contribution in [0.1, 0.15) is 68.7 Å². The van der Waals surface area contributed by atoms with Gasteiger partial charge in [-0.15, -0.1) is 6.58 Å². The van der Waals surface area contributed by atoms with Crippen molar-refractivity contribution in [2.75, 3.05) is 0 Å². The van der Waals surface area contributed by atoms with Crippen LogP contribution in [0.4, 0.5) is 0 Å². The Balaban J connectivity index is -0.000000102. The monoisotopic (exact) mass is 240 g/mol. The SMILES string of the molecule is C=C/C(=C/CC)C(C)(C)C.C=CC.CC.CC. The van der Waals surface area contributed by atoms with Crippen LogP contribution in [-0.2, 0) is 0 Å². The van der Waals surface area contributed by atoms with Crippen LogP contribution < -0.4 is 0 Å². The van der Waals surface area contributed by atoms with E-state index < -0.39 is 0 Å². The minimum Gasteiger partial charge on any atom is -0.103 e. The van der Waals surface area contributed by atoms with Gasteiger partial charge in [0.2, 0.25) is 0 Å². The van der Waals surface area contributed by atoms with Crippen molar-refractivity contribution >= 4 is 0 Å². The summed E-state index contributed by atoms with van der Waals surface area (Å²) in [5.41, 5.74) is 1.60. The molecule has 0 atom stereocenters. The second-order valence-electron chi connectivity index (χ2n) is 3.93. The maximum Gasteiger partial charge on any atom is -0.0135 e. The van der Waals surface area contributed by atoms with Gasteiger partial charge in [-0.05, 0) is 24.3 Å². The Bertz CT molecular complexity index is 165. The van der Waals surface area contributed by atoms with Crippen LogP contribution in [0.3, 0.4) is 0 Å². The molecule has 0 aromatic rings. The fraction of sp³-hybridized carbons (Fsp3) is 0.647. The highest BCUT2D eigenvalue weighted by atomic mass is 14.2. The lowest BCUT2D eigenvalue weighted by molar-refractivity contribution is 0.515. The molecule has 0 aliphatic heterocycles. The molecule has 0 saturated heterocycles. The highest BCUT2D eigenvalue weighted by Gasteiger charge is 2.12. The summed E-state index contributed by atoms with van der Waals surface area (Å²) in [6.45, 7) is 25.8. The fourth-order valence-corrected chi connectivity index (χ4v) is 0.916. The molecular weight excluding hydrogens is 204 g/mol. The maximum absolute atomic E-state index is 3.78. The standard InChI is InChI=1S/C10H18.C3H6.2C2H6/c1-6-8-9(7-2)10(3,4)5;1-3-2;2*1-2/h7-8H,2,6H2,1,3-5H3;3H,1H2,2H3;2*1-2H3/b9-8-;;;. The molecule has 0 unspecified atom stereocenters. The van der Waals surface area contributed by atoms with Gasteiger partial charge in [-0.1, -0.05) is 80.2 Å². The summed E-state index contributed by atoms with van der Waals surface area (Å²) in [7, 11) is 0. The minimum absolute atomic E-state index is 0.262. The van der Waals surface area contributed by atoms with Gasteiger partial charge in [0.1, 0.15) is 0 Å². The van der Waals surface area contributed by atoms with Gasteiger partial charge in [0.25, 0.3) is 0 Å². The Morgan fingerprint density at radius 1 is 1.00 bits per heavy atom. The second kappa shape index (κ2) is 20.6. The average molecular weight is 240 g/mol. The summed E-state index contributed by atoms with van der Waals surface area (Å²) in [5.74, 6) is 0. The molecular formula is C17H36. The molecule has 0 aromatic heterocycles. The van der Waals surface area contributed by atoms with Crippen molar-refractivity contribution in [1.29, 1.82) is 0 Å². The first-order chi connectivity index (χ1) is 7.93. The zero-order valence-electron chi connectivity index (χ0n) is 13.9. The van der Waals surface area contributed by atoms with Crippen LogP contribution in [-0.4, -0.2) is 0 Å². The molecule has 0 aliphatic rings. The smallest absolute Gasteiger partial charge is 0.0135 e. The van der Waals surface area contributed by atoms with Crippen molar-refractivity contribution in [3.05, 3.63) is 37.0 Å². The summed E-state index contributed by atoms with van der Waals surface area (Å²) < 4.78 is 0. The van der Waals surface area contributed by atoms with Gasteiger partial charge in [0.05, 0.1) is 0 Å². The molecule has 0 N–H and O–H groups in total. The van der Waals surface area contributed by atoms with E-state index in [1.54, 1.807) is 6.08 Å². The number of rotatable bonds is 2. The quantitative estimate of drug-likeness (QED) is 0.368. The molecule has 0 aliphatic carbocycles. The molecule has 104 valence electrons. The first-order valence-electron chi connectivity index (χ1n) is 6.84. The van der Waals surface area contributed by atoms with Crippen molar-refractivity contribution in [3.8, 4) is 0 Å². The molecule has 0 heteroatoms. The lowest BCUT2D eigenvalue weighted by atomic mass is 9.86. The van der Waals surface area contributed by atoms with E-state index >= 15 is 0 Å². The van der Waals surface area contributed by atoms with Gasteiger partial charge in [0, 0.05) is 0 Å². The fourth-order valence-electron chi connectivity index (χ4n) is 0.916. The van der Waals surface area contributed by atoms with Gasteiger partial charge in [0.15, 0.2) is 0 Å². The Hall–Kier alpha value is -0.780. The summed E-state index contributed by atoms with van der Waals surface area (Å²) >= 11 is 0. The van der Waals surface area contributed by atoms with Gasteiger partial charge < -0.3 is 0 Å². The van der Waals surface area contributed by atoms with Gasteiger partial charge >= 0.3 is 0 Å². The average Bonchev–Trinajstić information content (AvgIpc) is 2.31. The van der Waals surface area contributed by atoms with E-state index in [2.05, 4.69) is 46.9 Å². The third-order valence-corrected chi connectivity index (χ3v) is 1.51. The lowest BCUT2D eigenvalue weighted by Gasteiger charge is -2.19. The van der Waals surface area contributed by atoms with Crippen molar-refractivity contribution in [2.24, 2.45) is 5.41 Å². The molecule has 17 heavy (non-hydrogen) atoms. The summed E-state index contributed by atoms with van der Waals surface area (Å²) in [6, 6.07) is 0. The first-order valence-corrected chi connectivity index (χ1v) is 6.84. The Morgan fingerprint density at radius 3 is 1.35 bits per heavy atom. The maximum atomic E-state index is 3.78. The summed E-state index contributed by atoms with van der Waals surface area (Å²) in [4.78, 5) is 0. The van der Waals surface area contributed by atoms with E-state index in [0.29, 0.717) is 0 Å². The summed E-state index contributed by atoms with van der Waals surface area (Å²) in [5, 5.41) is 0. The van der Waals surface area contributed by atoms with Crippen molar-refractivity contribution in [2.45, 2.75) is 68.7 Å². The van der Waals surface area contributed by atoms with E-state index in [1.807, 2.05) is 40.7 Å². The molecule has 0 radical (unpaired) electrons. The third-order valence-electron chi connectivity index (χ3n) is 1.51. The highest BCUT2D eigenvalue weighted by Crippen LogP contribution is 2.25. The zero-order valence-corrected chi connectivity index (χ0v) is 13.9. The molecule has 0 nitrogen and oxygen atoms in total. The van der Waals surface area contributed by atoms with Crippen molar-refractivity contribution in [3.63, 3.8) is 0 Å². The van der Waals surface area contributed by atoms with E-state index in [-0.39, 0.29) is 5.41 Å². The summed E-state index contributed by atoms with van der Waals surface area (Å²) in [6.07, 6.45) is 7.02. The molecule has 0 spiro atoms. The van der Waals surface area contributed by atoms with Crippen molar-refractivity contribution in [1.82, 2.24) is 0 Å². The topological polar surface area (TPSA) is 0 Å². The second-order valence-corrected chi connectivity index (χ2v) is 3.93. The van der Waals surface area contributed by atoms with E-state index in [9.17, 15) is 0 Å². The van der Waals surface area contributed by atoms with Crippen LogP contribution in [0, 0.1) is 5.41 Å². The Labute approximate surface area is 112 Å². The molecule has 0 bridgehead atoms. The third kappa shape index (κ3) is 25.5. The van der Waals surface area contributed by atoms with Crippen LogP contribution in [0.15, 0.2) is 37.0 Å². The molecule has 0 fully saturated rings. The Morgan fingerprint density at radius 2 is 1.29 bits per heavy atom. The number of hydrogen-bond donors (Lipinski definition) is 0. The van der Waals surface area contributed by atoms with E-state index in [4.69, 9.17) is 0 Å².